The lowest BCUT2D eigenvalue weighted by molar-refractivity contribution is -0.125. The number of nitriles is 1. The van der Waals surface area contributed by atoms with E-state index < -0.39 is 0 Å². The van der Waals surface area contributed by atoms with Gasteiger partial charge in [-0.1, -0.05) is 43.6 Å². The monoisotopic (exact) mass is 439 g/mol. The molecule has 1 N–H and O–H groups in total. The van der Waals surface area contributed by atoms with Crippen molar-refractivity contribution >= 4 is 23.3 Å². The van der Waals surface area contributed by atoms with Gasteiger partial charge in [0.25, 0.3) is 0 Å². The van der Waals surface area contributed by atoms with Crippen molar-refractivity contribution in [1.82, 2.24) is 15.2 Å². The number of nitrogens with zero attached hydrogens (tertiary/aromatic N) is 4. The fourth-order valence-electron chi connectivity index (χ4n) is 4.20. The number of nitrogens with one attached hydrogen (secondary N) is 1. The smallest absolute Gasteiger partial charge is 0.223 e. The van der Waals surface area contributed by atoms with Crippen molar-refractivity contribution in [3.8, 4) is 6.07 Å². The van der Waals surface area contributed by atoms with Crippen molar-refractivity contribution in [2.45, 2.75) is 32.7 Å². The maximum absolute atomic E-state index is 12.9. The summed E-state index contributed by atoms with van der Waals surface area (Å²) < 4.78 is 0. The van der Waals surface area contributed by atoms with Crippen LogP contribution in [0.2, 0.25) is 5.02 Å². The van der Waals surface area contributed by atoms with E-state index in [4.69, 9.17) is 16.9 Å². The number of likely N-dealkylation sites (N-methyl/N-ethyl adjacent to an activating group) is 1. The molecule has 1 aromatic carbocycles. The fraction of sp³-hybridized carbons (Fsp3) is 0.458. The minimum absolute atomic E-state index is 0.00164. The molecule has 0 spiro atoms. The number of carbonyl (C=O) groups excluding carboxylic acids is 1. The van der Waals surface area contributed by atoms with Crippen LogP contribution in [0.5, 0.6) is 0 Å². The zero-order valence-corrected chi connectivity index (χ0v) is 19.0. The van der Waals surface area contributed by atoms with Crippen LogP contribution in [0.15, 0.2) is 42.6 Å². The second-order valence-electron chi connectivity index (χ2n) is 7.78. The lowest BCUT2D eigenvalue weighted by Gasteiger charge is -2.34. The fourth-order valence-corrected chi connectivity index (χ4v) is 4.46. The molecule has 0 saturated carbocycles. The number of pyridine rings is 1. The third-order valence-electron chi connectivity index (χ3n) is 6.05. The normalized spacial score (nSPS) is 15.5. The molecule has 1 saturated heterocycles. The molecule has 0 bridgehead atoms. The van der Waals surface area contributed by atoms with Crippen LogP contribution < -0.4 is 10.2 Å². The van der Waals surface area contributed by atoms with E-state index >= 15 is 0 Å². The number of rotatable bonds is 8. The highest BCUT2D eigenvalue weighted by molar-refractivity contribution is 6.31. The number of hydrogen-bond donors (Lipinski definition) is 1. The maximum atomic E-state index is 12.9. The van der Waals surface area contributed by atoms with Crippen molar-refractivity contribution in [2.24, 2.45) is 5.92 Å². The summed E-state index contributed by atoms with van der Waals surface area (Å²) >= 11 is 6.47. The number of benzene rings is 1. The average Bonchev–Trinajstić information content (AvgIpc) is 2.82. The SMILES string of the molecule is CCN(CC)C(CNC(=O)C1CCN(c2ccc(C#N)cn2)CC1)c1ccccc1Cl. The van der Waals surface area contributed by atoms with Crippen LogP contribution in [0, 0.1) is 17.2 Å². The zero-order valence-electron chi connectivity index (χ0n) is 18.2. The Bertz CT molecular complexity index is 899. The van der Waals surface area contributed by atoms with Gasteiger partial charge in [0, 0.05) is 36.8 Å². The van der Waals surface area contributed by atoms with Gasteiger partial charge in [-0.3, -0.25) is 9.69 Å². The second-order valence-corrected chi connectivity index (χ2v) is 8.19. The van der Waals surface area contributed by atoms with Gasteiger partial charge in [0.15, 0.2) is 0 Å². The molecule has 1 amide bonds. The topological polar surface area (TPSA) is 72.3 Å². The first-order chi connectivity index (χ1) is 15.1. The van der Waals surface area contributed by atoms with Crippen molar-refractivity contribution in [2.75, 3.05) is 37.6 Å². The predicted molar refractivity (Wildman–Crippen MR) is 124 cm³/mol. The van der Waals surface area contributed by atoms with Gasteiger partial charge < -0.3 is 10.2 Å². The molecular formula is C24H30ClN5O. The second kappa shape index (κ2) is 11.1. The van der Waals surface area contributed by atoms with Crippen LogP contribution in [-0.2, 0) is 4.79 Å². The number of amides is 1. The highest BCUT2D eigenvalue weighted by Gasteiger charge is 2.27. The minimum atomic E-state index is -0.00164. The van der Waals surface area contributed by atoms with Gasteiger partial charge >= 0.3 is 0 Å². The Morgan fingerprint density at radius 2 is 1.97 bits per heavy atom. The van der Waals surface area contributed by atoms with E-state index in [0.717, 1.165) is 55.4 Å². The molecule has 0 aliphatic carbocycles. The summed E-state index contributed by atoms with van der Waals surface area (Å²) in [4.78, 5) is 21.8. The van der Waals surface area contributed by atoms with Crippen molar-refractivity contribution in [3.63, 3.8) is 0 Å². The summed E-state index contributed by atoms with van der Waals surface area (Å²) in [5.41, 5.74) is 1.61. The lowest BCUT2D eigenvalue weighted by Crippen LogP contribution is -2.44. The van der Waals surface area contributed by atoms with E-state index in [2.05, 4.69) is 40.0 Å². The average molecular weight is 440 g/mol. The molecule has 2 aromatic rings. The summed E-state index contributed by atoms with van der Waals surface area (Å²) in [5.74, 6) is 0.966. The summed E-state index contributed by atoms with van der Waals surface area (Å²) in [6, 6.07) is 13.7. The van der Waals surface area contributed by atoms with E-state index in [0.29, 0.717) is 12.1 Å². The molecule has 1 aliphatic heterocycles. The molecular weight excluding hydrogens is 410 g/mol. The summed E-state index contributed by atoms with van der Waals surface area (Å²) in [7, 11) is 0. The number of halogens is 1. The van der Waals surface area contributed by atoms with Gasteiger partial charge in [-0.15, -0.1) is 0 Å². The number of carbonyl (C=O) groups is 1. The molecule has 1 aliphatic rings. The third kappa shape index (κ3) is 5.75. The van der Waals surface area contributed by atoms with E-state index in [-0.39, 0.29) is 17.9 Å². The molecule has 164 valence electrons. The standard InChI is InChI=1S/C24H30ClN5O/c1-3-29(4-2)22(20-7-5-6-8-21(20)25)17-28-24(31)19-11-13-30(14-12-19)23-10-9-18(15-26)16-27-23/h5-10,16,19,22H,3-4,11-14,17H2,1-2H3,(H,28,31). The summed E-state index contributed by atoms with van der Waals surface area (Å²) in [6.45, 7) is 8.13. The highest BCUT2D eigenvalue weighted by Crippen LogP contribution is 2.27. The number of aromatic nitrogens is 1. The zero-order chi connectivity index (χ0) is 22.2. The van der Waals surface area contributed by atoms with Crippen molar-refractivity contribution in [1.29, 1.82) is 5.26 Å². The number of anilines is 1. The molecule has 7 heteroatoms. The van der Waals surface area contributed by atoms with Crippen molar-refractivity contribution in [3.05, 3.63) is 58.7 Å². The Morgan fingerprint density at radius 1 is 1.26 bits per heavy atom. The molecule has 2 heterocycles. The van der Waals surface area contributed by atoms with E-state index in [1.807, 2.05) is 30.3 Å². The number of hydrogen-bond acceptors (Lipinski definition) is 5. The Kier molecular flexibility index (Phi) is 8.27. The largest absolute Gasteiger partial charge is 0.357 e. The maximum Gasteiger partial charge on any atom is 0.223 e. The van der Waals surface area contributed by atoms with E-state index in [1.165, 1.54) is 0 Å². The quantitative estimate of drug-likeness (QED) is 0.672. The first-order valence-electron chi connectivity index (χ1n) is 10.9. The summed E-state index contributed by atoms with van der Waals surface area (Å²) in [6.07, 6.45) is 3.17. The Balaban J connectivity index is 1.58. The van der Waals surface area contributed by atoms with Crippen LogP contribution in [0.25, 0.3) is 0 Å². The van der Waals surface area contributed by atoms with Gasteiger partial charge in [0.05, 0.1) is 11.6 Å². The van der Waals surface area contributed by atoms with Gasteiger partial charge in [-0.05, 0) is 49.7 Å². The first-order valence-corrected chi connectivity index (χ1v) is 11.3. The number of piperidine rings is 1. The minimum Gasteiger partial charge on any atom is -0.357 e. The third-order valence-corrected chi connectivity index (χ3v) is 6.40. The van der Waals surface area contributed by atoms with Gasteiger partial charge in [-0.25, -0.2) is 4.98 Å². The van der Waals surface area contributed by atoms with Gasteiger partial charge in [-0.2, -0.15) is 5.26 Å². The van der Waals surface area contributed by atoms with Crippen LogP contribution in [0.4, 0.5) is 5.82 Å². The first kappa shape index (κ1) is 23.1. The van der Waals surface area contributed by atoms with Crippen LogP contribution >= 0.6 is 11.6 Å². The van der Waals surface area contributed by atoms with Crippen LogP contribution in [0.1, 0.15) is 43.9 Å². The molecule has 3 rings (SSSR count). The summed E-state index contributed by atoms with van der Waals surface area (Å²) in [5, 5.41) is 12.8. The van der Waals surface area contributed by atoms with Gasteiger partial charge in [0.2, 0.25) is 5.91 Å². The molecule has 1 aromatic heterocycles. The van der Waals surface area contributed by atoms with Crippen molar-refractivity contribution < 1.29 is 4.79 Å². The van der Waals surface area contributed by atoms with E-state index in [1.54, 1.807) is 12.3 Å². The van der Waals surface area contributed by atoms with Gasteiger partial charge in [0.1, 0.15) is 11.9 Å². The molecule has 0 radical (unpaired) electrons. The Morgan fingerprint density at radius 3 is 2.55 bits per heavy atom. The highest BCUT2D eigenvalue weighted by atomic mass is 35.5. The van der Waals surface area contributed by atoms with Crippen LogP contribution in [-0.4, -0.2) is 48.5 Å². The molecule has 31 heavy (non-hydrogen) atoms. The van der Waals surface area contributed by atoms with Crippen LogP contribution in [0.3, 0.4) is 0 Å². The molecule has 1 fully saturated rings. The Hall–Kier alpha value is -2.62. The molecule has 1 unspecified atom stereocenters. The lowest BCUT2D eigenvalue weighted by atomic mass is 9.95. The molecule has 6 nitrogen and oxygen atoms in total. The predicted octanol–water partition coefficient (Wildman–Crippen LogP) is 4.02. The molecule has 1 atom stereocenters. The Labute approximate surface area is 189 Å². The van der Waals surface area contributed by atoms with E-state index in [9.17, 15) is 4.79 Å².